The molecule has 2 atom stereocenters. The molecule has 0 aromatic heterocycles. The molecule has 1 amide bonds. The van der Waals surface area contributed by atoms with Gasteiger partial charge in [0.1, 0.15) is 0 Å². The van der Waals surface area contributed by atoms with Gasteiger partial charge in [0.25, 0.3) is 5.91 Å². The second kappa shape index (κ2) is 9.31. The van der Waals surface area contributed by atoms with Crippen LogP contribution in [0.2, 0.25) is 0 Å². The second-order valence-electron chi connectivity index (χ2n) is 7.12. The zero-order valence-electron chi connectivity index (χ0n) is 16.6. The molecular formula is C21H20F3NO6S. The summed E-state index contributed by atoms with van der Waals surface area (Å²) in [6.07, 6.45) is -0.908. The summed E-state index contributed by atoms with van der Waals surface area (Å²) in [6, 6.07) is 13.5. The number of hydrogen-bond donors (Lipinski definition) is 2. The number of anilines is 1. The Hall–Kier alpha value is -2.89. The first-order valence-corrected chi connectivity index (χ1v) is 10.9. The van der Waals surface area contributed by atoms with Crippen molar-refractivity contribution >= 4 is 21.7 Å². The summed E-state index contributed by atoms with van der Waals surface area (Å²) in [7, 11) is -5.97. The van der Waals surface area contributed by atoms with E-state index in [0.717, 1.165) is 11.0 Å². The Labute approximate surface area is 182 Å². The number of alkyl halides is 3. The highest BCUT2D eigenvalue weighted by molar-refractivity contribution is 7.88. The van der Waals surface area contributed by atoms with Crippen molar-refractivity contribution in [1.82, 2.24) is 0 Å². The first-order chi connectivity index (χ1) is 15.0. The highest BCUT2D eigenvalue weighted by atomic mass is 32.2. The SMILES string of the molecule is O=C(C1=C[C@@H](O)[C@H](O)CC1)N(Cc1ccccc1)c1ccccc1OS(=O)(=O)C(F)(F)F. The third kappa shape index (κ3) is 5.29. The van der Waals surface area contributed by atoms with Crippen molar-refractivity contribution in [2.24, 2.45) is 0 Å². The second-order valence-corrected chi connectivity index (χ2v) is 8.65. The molecule has 32 heavy (non-hydrogen) atoms. The maximum Gasteiger partial charge on any atom is 0.534 e. The van der Waals surface area contributed by atoms with Crippen LogP contribution in [-0.2, 0) is 21.5 Å². The van der Waals surface area contributed by atoms with Crippen molar-refractivity contribution in [3.05, 3.63) is 71.8 Å². The molecule has 0 bridgehead atoms. The van der Waals surface area contributed by atoms with Crippen molar-refractivity contribution < 1.29 is 40.8 Å². The van der Waals surface area contributed by atoms with Gasteiger partial charge in [-0.05, 0) is 36.6 Å². The zero-order valence-corrected chi connectivity index (χ0v) is 17.4. The summed E-state index contributed by atoms with van der Waals surface area (Å²) in [4.78, 5) is 14.4. The van der Waals surface area contributed by atoms with Gasteiger partial charge in [0.05, 0.1) is 24.4 Å². The van der Waals surface area contributed by atoms with E-state index in [1.165, 1.54) is 24.3 Å². The van der Waals surface area contributed by atoms with E-state index >= 15 is 0 Å². The number of para-hydroxylation sites is 2. The van der Waals surface area contributed by atoms with E-state index in [1.807, 2.05) is 0 Å². The molecule has 0 unspecified atom stereocenters. The number of aliphatic hydroxyl groups is 2. The molecule has 2 aromatic rings. The standard InChI is InChI=1S/C21H20F3NO6S/c22-21(23,24)32(29,30)31-19-9-5-4-8-16(19)25(13-14-6-2-1-3-7-14)20(28)15-10-11-17(26)18(27)12-15/h1-9,12,17-18,26-27H,10-11,13H2/t17-,18-/m1/s1. The van der Waals surface area contributed by atoms with Crippen LogP contribution >= 0.6 is 0 Å². The van der Waals surface area contributed by atoms with Crippen molar-refractivity contribution in [3.8, 4) is 5.75 Å². The molecule has 1 aliphatic rings. The number of halogens is 3. The number of rotatable bonds is 6. The lowest BCUT2D eigenvalue weighted by atomic mass is 9.94. The molecule has 0 heterocycles. The van der Waals surface area contributed by atoms with Gasteiger partial charge in [-0.1, -0.05) is 42.5 Å². The van der Waals surface area contributed by atoms with Crippen molar-refractivity contribution in [3.63, 3.8) is 0 Å². The topological polar surface area (TPSA) is 104 Å². The molecule has 7 nitrogen and oxygen atoms in total. The fourth-order valence-electron chi connectivity index (χ4n) is 3.17. The fourth-order valence-corrected chi connectivity index (χ4v) is 3.65. The largest absolute Gasteiger partial charge is 0.534 e. The van der Waals surface area contributed by atoms with E-state index in [9.17, 15) is 36.6 Å². The van der Waals surface area contributed by atoms with Gasteiger partial charge < -0.3 is 19.3 Å². The van der Waals surface area contributed by atoms with Crippen molar-refractivity contribution in [2.45, 2.75) is 37.1 Å². The Balaban J connectivity index is 2.05. The summed E-state index contributed by atoms with van der Waals surface area (Å²) in [5.41, 5.74) is -5.10. The van der Waals surface area contributed by atoms with Gasteiger partial charge in [0, 0.05) is 5.57 Å². The Morgan fingerprint density at radius 2 is 1.69 bits per heavy atom. The van der Waals surface area contributed by atoms with Crippen LogP contribution in [0.3, 0.4) is 0 Å². The molecule has 0 aliphatic heterocycles. The van der Waals surface area contributed by atoms with Crippen LogP contribution in [0.1, 0.15) is 18.4 Å². The minimum Gasteiger partial charge on any atom is -0.390 e. The molecule has 172 valence electrons. The van der Waals surface area contributed by atoms with Gasteiger partial charge in [-0.2, -0.15) is 21.6 Å². The number of hydrogen-bond acceptors (Lipinski definition) is 6. The van der Waals surface area contributed by atoms with E-state index in [2.05, 4.69) is 4.18 Å². The molecule has 0 radical (unpaired) electrons. The number of amides is 1. The van der Waals surface area contributed by atoms with E-state index < -0.39 is 39.5 Å². The number of carbonyl (C=O) groups is 1. The lowest BCUT2D eigenvalue weighted by molar-refractivity contribution is -0.115. The highest BCUT2D eigenvalue weighted by Crippen LogP contribution is 2.35. The molecule has 1 aliphatic carbocycles. The molecule has 0 saturated heterocycles. The number of carbonyl (C=O) groups excluding carboxylic acids is 1. The van der Waals surface area contributed by atoms with Crippen LogP contribution in [0.4, 0.5) is 18.9 Å². The van der Waals surface area contributed by atoms with Crippen molar-refractivity contribution in [1.29, 1.82) is 0 Å². The van der Waals surface area contributed by atoms with Gasteiger partial charge in [0.15, 0.2) is 5.75 Å². The van der Waals surface area contributed by atoms with Crippen LogP contribution in [0, 0.1) is 0 Å². The number of aliphatic hydroxyl groups excluding tert-OH is 2. The van der Waals surface area contributed by atoms with E-state index in [4.69, 9.17) is 0 Å². The predicted octanol–water partition coefficient (Wildman–Crippen LogP) is 2.89. The third-order valence-electron chi connectivity index (χ3n) is 4.82. The van der Waals surface area contributed by atoms with E-state index in [0.29, 0.717) is 5.56 Å². The highest BCUT2D eigenvalue weighted by Gasteiger charge is 2.49. The predicted molar refractivity (Wildman–Crippen MR) is 109 cm³/mol. The van der Waals surface area contributed by atoms with E-state index in [1.54, 1.807) is 30.3 Å². The van der Waals surface area contributed by atoms with Gasteiger partial charge in [-0.3, -0.25) is 4.79 Å². The molecule has 2 N–H and O–H groups in total. The quantitative estimate of drug-likeness (QED) is 0.496. The Bertz CT molecular complexity index is 1100. The molecule has 3 rings (SSSR count). The number of benzene rings is 2. The molecule has 2 aromatic carbocycles. The van der Waals surface area contributed by atoms with Crippen LogP contribution in [0.5, 0.6) is 5.75 Å². The average molecular weight is 471 g/mol. The van der Waals surface area contributed by atoms with Crippen molar-refractivity contribution in [2.75, 3.05) is 4.90 Å². The summed E-state index contributed by atoms with van der Waals surface area (Å²) < 4.78 is 66.1. The Kier molecular flexibility index (Phi) is 6.91. The summed E-state index contributed by atoms with van der Waals surface area (Å²) in [5.74, 6) is -1.34. The first kappa shape index (κ1) is 23.8. The summed E-state index contributed by atoms with van der Waals surface area (Å²) >= 11 is 0. The Morgan fingerprint density at radius 1 is 1.06 bits per heavy atom. The summed E-state index contributed by atoms with van der Waals surface area (Å²) in [6.45, 7) is -0.109. The maximum absolute atomic E-state index is 13.3. The zero-order chi connectivity index (χ0) is 23.5. The third-order valence-corrected chi connectivity index (χ3v) is 5.78. The monoisotopic (exact) mass is 471 g/mol. The van der Waals surface area contributed by atoms with Crippen LogP contribution in [-0.4, -0.2) is 42.3 Å². The molecule has 0 spiro atoms. The first-order valence-electron chi connectivity index (χ1n) is 9.52. The Morgan fingerprint density at radius 3 is 2.31 bits per heavy atom. The van der Waals surface area contributed by atoms with Crippen LogP contribution in [0.15, 0.2) is 66.2 Å². The maximum atomic E-state index is 13.3. The van der Waals surface area contributed by atoms with Gasteiger partial charge in [-0.25, -0.2) is 0 Å². The van der Waals surface area contributed by atoms with E-state index in [-0.39, 0.29) is 30.6 Å². The normalized spacial score (nSPS) is 19.2. The molecule has 0 fully saturated rings. The van der Waals surface area contributed by atoms with Crippen LogP contribution < -0.4 is 9.08 Å². The fraction of sp³-hybridized carbons (Fsp3) is 0.286. The number of nitrogens with zero attached hydrogens (tertiary/aromatic N) is 1. The minimum absolute atomic E-state index is 0.109. The molecule has 11 heteroatoms. The smallest absolute Gasteiger partial charge is 0.390 e. The minimum atomic E-state index is -5.97. The lowest BCUT2D eigenvalue weighted by Crippen LogP contribution is -2.36. The average Bonchev–Trinajstić information content (AvgIpc) is 2.74. The molecule has 0 saturated carbocycles. The molecular weight excluding hydrogens is 451 g/mol. The van der Waals surface area contributed by atoms with Gasteiger partial charge >= 0.3 is 15.6 Å². The van der Waals surface area contributed by atoms with Crippen LogP contribution in [0.25, 0.3) is 0 Å². The van der Waals surface area contributed by atoms with Gasteiger partial charge in [0.2, 0.25) is 0 Å². The lowest BCUT2D eigenvalue weighted by Gasteiger charge is -2.29. The summed E-state index contributed by atoms with van der Waals surface area (Å²) in [5, 5.41) is 19.6. The van der Waals surface area contributed by atoms with Gasteiger partial charge in [-0.15, -0.1) is 0 Å².